The molecular formula is C21H31N7O7. The van der Waals surface area contributed by atoms with Crippen LogP contribution in [0.1, 0.15) is 44.7 Å². The second-order valence-electron chi connectivity index (χ2n) is 8.22. The molecule has 0 spiro atoms. The number of nitrogens with two attached hydrogens (primary N) is 1. The number of primary amides is 1. The zero-order valence-electron chi connectivity index (χ0n) is 19.4. The van der Waals surface area contributed by atoms with Gasteiger partial charge in [0.25, 0.3) is 5.97 Å². The summed E-state index contributed by atoms with van der Waals surface area (Å²) in [5.74, 6) is -2.75. The van der Waals surface area contributed by atoms with Gasteiger partial charge in [-0.2, -0.15) is 0 Å². The van der Waals surface area contributed by atoms with Crippen molar-refractivity contribution in [3.63, 3.8) is 0 Å². The fourth-order valence-corrected chi connectivity index (χ4v) is 3.83. The molecule has 35 heavy (non-hydrogen) atoms. The van der Waals surface area contributed by atoms with Crippen molar-refractivity contribution in [3.05, 3.63) is 18.2 Å². The van der Waals surface area contributed by atoms with Crippen molar-refractivity contribution < 1.29 is 33.9 Å². The van der Waals surface area contributed by atoms with Crippen LogP contribution in [0.4, 0.5) is 0 Å². The predicted molar refractivity (Wildman–Crippen MR) is 120 cm³/mol. The number of carbonyl (C=O) groups is 6. The van der Waals surface area contributed by atoms with Gasteiger partial charge in [0, 0.05) is 51.2 Å². The average molecular weight is 494 g/mol. The Balaban J connectivity index is 0.00000100. The maximum atomic E-state index is 13.3. The van der Waals surface area contributed by atoms with E-state index in [0.717, 1.165) is 6.92 Å². The number of nitrogens with zero attached hydrogens (tertiary/aromatic N) is 2. The molecule has 2 aliphatic heterocycles. The number of carboxylic acids is 1. The number of hydrogen-bond donors (Lipinski definition) is 6. The molecule has 14 nitrogen and oxygen atoms in total. The lowest BCUT2D eigenvalue weighted by atomic mass is 10.1. The standard InChI is InChI=1S/C19H27N7O5.C2H4O2/c20-15(27)5-6-22-18(30)14-2-1-7-26(14)19(31)13(8-11-9-21-10-23-11)25-17(29)12-3-4-16(28)24-12;1-2(3)4/h9-10,12-14H,1-8H2,(H2,20,27)(H,21,23)(H,22,30)(H,24,28)(H,25,29);1H3,(H,3,4)/t12-,13-,14-;/m0./s1. The van der Waals surface area contributed by atoms with Crippen molar-refractivity contribution in [1.82, 2.24) is 30.8 Å². The molecule has 3 rings (SSSR count). The predicted octanol–water partition coefficient (Wildman–Crippen LogP) is -2.21. The molecule has 14 heteroatoms. The van der Waals surface area contributed by atoms with Crippen LogP contribution in [0.3, 0.4) is 0 Å². The zero-order chi connectivity index (χ0) is 26.0. The first-order valence-electron chi connectivity index (χ1n) is 11.2. The Hall–Kier alpha value is -3.97. The van der Waals surface area contributed by atoms with E-state index < -0.39 is 35.9 Å². The van der Waals surface area contributed by atoms with Gasteiger partial charge in [-0.3, -0.25) is 28.8 Å². The third-order valence-corrected chi connectivity index (χ3v) is 5.41. The number of hydrogen-bond acceptors (Lipinski definition) is 7. The Morgan fingerprint density at radius 1 is 1.26 bits per heavy atom. The van der Waals surface area contributed by atoms with Crippen LogP contribution in [0, 0.1) is 0 Å². The summed E-state index contributed by atoms with van der Waals surface area (Å²) in [6, 6.07) is -2.30. The Labute approximate surface area is 201 Å². The summed E-state index contributed by atoms with van der Waals surface area (Å²) in [5.41, 5.74) is 5.74. The van der Waals surface area contributed by atoms with E-state index in [1.54, 1.807) is 6.20 Å². The number of carboxylic acid groups (broad SMARTS) is 1. The van der Waals surface area contributed by atoms with Gasteiger partial charge < -0.3 is 36.7 Å². The monoisotopic (exact) mass is 493 g/mol. The van der Waals surface area contributed by atoms with Crippen molar-refractivity contribution in [2.45, 2.75) is 63.6 Å². The molecule has 1 aromatic rings. The molecule has 5 amide bonds. The summed E-state index contributed by atoms with van der Waals surface area (Å²) in [7, 11) is 0. The fraction of sp³-hybridized carbons (Fsp3) is 0.571. The summed E-state index contributed by atoms with van der Waals surface area (Å²) in [6.45, 7) is 1.56. The van der Waals surface area contributed by atoms with E-state index in [4.69, 9.17) is 15.6 Å². The minimum Gasteiger partial charge on any atom is -0.481 e. The van der Waals surface area contributed by atoms with E-state index in [1.165, 1.54) is 11.2 Å². The van der Waals surface area contributed by atoms with E-state index >= 15 is 0 Å². The highest BCUT2D eigenvalue weighted by Crippen LogP contribution is 2.20. The van der Waals surface area contributed by atoms with Crippen LogP contribution in [0.15, 0.2) is 12.5 Å². The molecule has 2 aliphatic rings. The maximum Gasteiger partial charge on any atom is 0.300 e. The number of rotatable bonds is 9. The topological polar surface area (TPSA) is 217 Å². The first kappa shape index (κ1) is 27.3. The Bertz CT molecular complexity index is 930. The molecule has 3 heterocycles. The number of carbonyl (C=O) groups excluding carboxylic acids is 5. The summed E-state index contributed by atoms with van der Waals surface area (Å²) in [4.78, 5) is 78.1. The second-order valence-corrected chi connectivity index (χ2v) is 8.22. The number of nitrogens with one attached hydrogen (secondary N) is 4. The Morgan fingerprint density at radius 2 is 1.97 bits per heavy atom. The summed E-state index contributed by atoms with van der Waals surface area (Å²) in [6.07, 6.45) is 4.96. The molecule has 0 aromatic carbocycles. The van der Waals surface area contributed by atoms with E-state index in [-0.39, 0.29) is 43.5 Å². The molecule has 3 atom stereocenters. The van der Waals surface area contributed by atoms with Crippen LogP contribution in [0.2, 0.25) is 0 Å². The van der Waals surface area contributed by atoms with Gasteiger partial charge >= 0.3 is 0 Å². The third-order valence-electron chi connectivity index (χ3n) is 5.41. The molecule has 2 fully saturated rings. The summed E-state index contributed by atoms with van der Waals surface area (Å²) >= 11 is 0. The van der Waals surface area contributed by atoms with Crippen LogP contribution in [-0.4, -0.2) is 86.7 Å². The van der Waals surface area contributed by atoms with Gasteiger partial charge in [0.05, 0.1) is 6.33 Å². The number of H-pyrrole nitrogens is 1. The molecule has 2 saturated heterocycles. The van der Waals surface area contributed by atoms with Crippen LogP contribution >= 0.6 is 0 Å². The Morgan fingerprint density at radius 3 is 2.54 bits per heavy atom. The number of amides is 5. The van der Waals surface area contributed by atoms with E-state index in [2.05, 4.69) is 25.9 Å². The van der Waals surface area contributed by atoms with Gasteiger partial charge in [-0.1, -0.05) is 0 Å². The summed E-state index contributed by atoms with van der Waals surface area (Å²) in [5, 5.41) is 15.4. The molecular weight excluding hydrogens is 462 g/mol. The van der Waals surface area contributed by atoms with Crippen molar-refractivity contribution >= 4 is 35.5 Å². The SMILES string of the molecule is CC(=O)O.NC(=O)CCNC(=O)[C@@H]1CCCN1C(=O)[C@H](Cc1cnc[nH]1)NC(=O)[C@@H]1CCC(=O)N1. The molecule has 0 radical (unpaired) electrons. The molecule has 7 N–H and O–H groups in total. The van der Waals surface area contributed by atoms with Crippen molar-refractivity contribution in [3.8, 4) is 0 Å². The van der Waals surface area contributed by atoms with Gasteiger partial charge in [0.1, 0.15) is 18.1 Å². The van der Waals surface area contributed by atoms with E-state index in [9.17, 15) is 24.0 Å². The number of aromatic amines is 1. The summed E-state index contributed by atoms with van der Waals surface area (Å²) < 4.78 is 0. The number of likely N-dealkylation sites (tertiary alicyclic amines) is 1. The minimum atomic E-state index is -0.926. The van der Waals surface area contributed by atoms with Gasteiger partial charge in [-0.25, -0.2) is 4.98 Å². The molecule has 0 aliphatic carbocycles. The van der Waals surface area contributed by atoms with Gasteiger partial charge in [-0.15, -0.1) is 0 Å². The van der Waals surface area contributed by atoms with Crippen LogP contribution < -0.4 is 21.7 Å². The van der Waals surface area contributed by atoms with Crippen LogP contribution in [-0.2, 0) is 35.2 Å². The van der Waals surface area contributed by atoms with Gasteiger partial charge in [0.2, 0.25) is 29.5 Å². The van der Waals surface area contributed by atoms with E-state index in [0.29, 0.717) is 31.5 Å². The first-order valence-corrected chi connectivity index (χ1v) is 11.2. The highest BCUT2D eigenvalue weighted by atomic mass is 16.4. The number of aromatic nitrogens is 2. The molecule has 192 valence electrons. The van der Waals surface area contributed by atoms with Crippen molar-refractivity contribution in [2.75, 3.05) is 13.1 Å². The first-order chi connectivity index (χ1) is 16.6. The molecule has 0 unspecified atom stereocenters. The highest BCUT2D eigenvalue weighted by Gasteiger charge is 2.39. The molecule has 0 saturated carbocycles. The lowest BCUT2D eigenvalue weighted by Crippen LogP contribution is -2.56. The van der Waals surface area contributed by atoms with Crippen molar-refractivity contribution in [1.29, 1.82) is 0 Å². The zero-order valence-corrected chi connectivity index (χ0v) is 19.4. The normalized spacial score (nSPS) is 19.7. The largest absolute Gasteiger partial charge is 0.481 e. The van der Waals surface area contributed by atoms with Crippen molar-refractivity contribution in [2.24, 2.45) is 5.73 Å². The lowest BCUT2D eigenvalue weighted by Gasteiger charge is -2.29. The number of aliphatic carboxylic acids is 1. The number of imidazole rings is 1. The lowest BCUT2D eigenvalue weighted by molar-refractivity contribution is -0.141. The van der Waals surface area contributed by atoms with E-state index in [1.807, 2.05) is 0 Å². The smallest absolute Gasteiger partial charge is 0.300 e. The van der Waals surface area contributed by atoms with Crippen LogP contribution in [0.5, 0.6) is 0 Å². The fourth-order valence-electron chi connectivity index (χ4n) is 3.83. The molecule has 0 bridgehead atoms. The minimum absolute atomic E-state index is 0.0119. The van der Waals surface area contributed by atoms with Gasteiger partial charge in [-0.05, 0) is 19.3 Å². The van der Waals surface area contributed by atoms with Gasteiger partial charge in [0.15, 0.2) is 0 Å². The van der Waals surface area contributed by atoms with Crippen LogP contribution in [0.25, 0.3) is 0 Å². The molecule has 1 aromatic heterocycles. The quantitative estimate of drug-likeness (QED) is 0.221. The average Bonchev–Trinajstić information content (AvgIpc) is 3.54. The second kappa shape index (κ2) is 13.1. The maximum absolute atomic E-state index is 13.3. The highest BCUT2D eigenvalue weighted by molar-refractivity contribution is 5.95. The third kappa shape index (κ3) is 8.72. The Kier molecular flexibility index (Phi) is 10.2.